The van der Waals surface area contributed by atoms with Gasteiger partial charge in [0.25, 0.3) is 5.69 Å². The Balaban J connectivity index is 1.40. The number of benzene rings is 2. The van der Waals surface area contributed by atoms with Gasteiger partial charge in [-0.1, -0.05) is 41.9 Å². The Kier molecular flexibility index (Phi) is 5.09. The lowest BCUT2D eigenvalue weighted by molar-refractivity contribution is -0.384. The van der Waals surface area contributed by atoms with Gasteiger partial charge < -0.3 is 10.2 Å². The molecular weight excluding hydrogens is 394 g/mol. The third-order valence-corrected chi connectivity index (χ3v) is 5.03. The first-order valence-electron chi connectivity index (χ1n) is 8.88. The van der Waals surface area contributed by atoms with Crippen LogP contribution in [0.2, 0.25) is 5.02 Å². The molecule has 1 aromatic heterocycles. The maximum atomic E-state index is 12.5. The fraction of sp³-hybridized carbons (Fsp3) is 0.150. The third-order valence-electron chi connectivity index (χ3n) is 4.71. The number of anilines is 2. The predicted molar refractivity (Wildman–Crippen MR) is 110 cm³/mol. The third kappa shape index (κ3) is 4.02. The summed E-state index contributed by atoms with van der Waals surface area (Å²) in [6, 6.07) is 15.9. The molecule has 0 unspecified atom stereocenters. The summed E-state index contributed by atoms with van der Waals surface area (Å²) in [4.78, 5) is 33.4. The minimum absolute atomic E-state index is 0.0285. The van der Waals surface area contributed by atoms with Crippen LogP contribution in [0.1, 0.15) is 0 Å². The van der Waals surface area contributed by atoms with E-state index < -0.39 is 4.92 Å². The normalized spacial score (nSPS) is 13.6. The summed E-state index contributed by atoms with van der Waals surface area (Å²) in [6.07, 6.45) is 1.51. The SMILES string of the molecule is O=C(Nc1ccc(Cl)c([N+](=O)[O-])c1)C1CN(c2cc(-c3ccccc3)ncn2)C1. The van der Waals surface area contributed by atoms with Crippen molar-refractivity contribution in [3.05, 3.63) is 76.1 Å². The molecule has 1 fully saturated rings. The first kappa shape index (κ1) is 18.8. The average molecular weight is 410 g/mol. The van der Waals surface area contributed by atoms with Gasteiger partial charge in [0.15, 0.2) is 0 Å². The van der Waals surface area contributed by atoms with Crippen LogP contribution >= 0.6 is 11.6 Å². The number of nitro groups is 1. The summed E-state index contributed by atoms with van der Waals surface area (Å²) in [7, 11) is 0. The molecule has 8 nitrogen and oxygen atoms in total. The number of amides is 1. The number of halogens is 1. The van der Waals surface area contributed by atoms with E-state index in [1.807, 2.05) is 41.3 Å². The van der Waals surface area contributed by atoms with E-state index in [1.165, 1.54) is 18.5 Å². The van der Waals surface area contributed by atoms with Gasteiger partial charge >= 0.3 is 0 Å². The quantitative estimate of drug-likeness (QED) is 0.508. The van der Waals surface area contributed by atoms with Gasteiger partial charge in [0.2, 0.25) is 5.91 Å². The predicted octanol–water partition coefficient (Wildman–Crippen LogP) is 3.78. The molecule has 4 rings (SSSR count). The second-order valence-corrected chi connectivity index (χ2v) is 7.05. The summed E-state index contributed by atoms with van der Waals surface area (Å²) in [5, 5.41) is 13.7. The van der Waals surface area contributed by atoms with E-state index in [2.05, 4.69) is 15.3 Å². The van der Waals surface area contributed by atoms with Gasteiger partial charge in [-0.05, 0) is 12.1 Å². The average Bonchev–Trinajstić information content (AvgIpc) is 2.69. The Hall–Kier alpha value is -3.52. The first-order valence-corrected chi connectivity index (χ1v) is 9.26. The Morgan fingerprint density at radius 3 is 2.62 bits per heavy atom. The maximum Gasteiger partial charge on any atom is 0.289 e. The molecule has 1 saturated heterocycles. The van der Waals surface area contributed by atoms with Crippen molar-refractivity contribution in [1.29, 1.82) is 0 Å². The van der Waals surface area contributed by atoms with Gasteiger partial charge in [0.05, 0.1) is 16.5 Å². The van der Waals surface area contributed by atoms with Crippen molar-refractivity contribution in [3.63, 3.8) is 0 Å². The lowest BCUT2D eigenvalue weighted by Crippen LogP contribution is -2.52. The topological polar surface area (TPSA) is 101 Å². The van der Waals surface area contributed by atoms with Crippen LogP contribution < -0.4 is 10.2 Å². The lowest BCUT2D eigenvalue weighted by Gasteiger charge is -2.39. The van der Waals surface area contributed by atoms with E-state index >= 15 is 0 Å². The molecule has 0 radical (unpaired) electrons. The first-order chi connectivity index (χ1) is 14.0. The number of nitrogens with zero attached hydrogens (tertiary/aromatic N) is 4. The van der Waals surface area contributed by atoms with Crippen molar-refractivity contribution in [3.8, 4) is 11.3 Å². The zero-order valence-electron chi connectivity index (χ0n) is 15.2. The zero-order valence-corrected chi connectivity index (χ0v) is 15.9. The number of nitro benzene ring substituents is 1. The molecule has 2 aromatic carbocycles. The van der Waals surface area contributed by atoms with Crippen molar-refractivity contribution in [1.82, 2.24) is 9.97 Å². The van der Waals surface area contributed by atoms with Crippen LogP contribution in [0.15, 0.2) is 60.9 Å². The molecule has 3 aromatic rings. The highest BCUT2D eigenvalue weighted by Gasteiger charge is 2.34. The largest absolute Gasteiger partial charge is 0.355 e. The second kappa shape index (κ2) is 7.84. The summed E-state index contributed by atoms with van der Waals surface area (Å²) in [5.74, 6) is 0.320. The van der Waals surface area contributed by atoms with Crippen molar-refractivity contribution < 1.29 is 9.72 Å². The number of nitrogens with one attached hydrogen (secondary N) is 1. The van der Waals surface area contributed by atoms with E-state index in [0.717, 1.165) is 17.1 Å². The maximum absolute atomic E-state index is 12.5. The van der Waals surface area contributed by atoms with Crippen molar-refractivity contribution in [2.75, 3.05) is 23.3 Å². The molecule has 1 N–H and O–H groups in total. The number of hydrogen-bond acceptors (Lipinski definition) is 6. The number of carbonyl (C=O) groups excluding carboxylic acids is 1. The van der Waals surface area contributed by atoms with Gasteiger partial charge in [-0.15, -0.1) is 0 Å². The number of rotatable bonds is 5. The molecule has 146 valence electrons. The van der Waals surface area contributed by atoms with Gasteiger partial charge in [0.1, 0.15) is 17.2 Å². The van der Waals surface area contributed by atoms with E-state index in [0.29, 0.717) is 18.8 Å². The molecule has 1 amide bonds. The van der Waals surface area contributed by atoms with E-state index in [4.69, 9.17) is 11.6 Å². The summed E-state index contributed by atoms with van der Waals surface area (Å²) < 4.78 is 0. The highest BCUT2D eigenvalue weighted by atomic mass is 35.5. The van der Waals surface area contributed by atoms with E-state index in [-0.39, 0.29) is 22.5 Å². The molecule has 0 saturated carbocycles. The van der Waals surface area contributed by atoms with E-state index in [1.54, 1.807) is 6.07 Å². The number of carbonyl (C=O) groups is 1. The molecule has 29 heavy (non-hydrogen) atoms. The summed E-state index contributed by atoms with van der Waals surface area (Å²) in [5.41, 5.74) is 1.92. The van der Waals surface area contributed by atoms with Crippen LogP contribution in [-0.4, -0.2) is 33.9 Å². The summed E-state index contributed by atoms with van der Waals surface area (Å²) >= 11 is 5.80. The highest BCUT2D eigenvalue weighted by molar-refractivity contribution is 6.32. The Morgan fingerprint density at radius 2 is 1.90 bits per heavy atom. The molecule has 0 aliphatic carbocycles. The molecule has 1 aliphatic rings. The van der Waals surface area contributed by atoms with Gasteiger partial charge in [0, 0.05) is 36.5 Å². The summed E-state index contributed by atoms with van der Waals surface area (Å²) in [6.45, 7) is 1.01. The fourth-order valence-corrected chi connectivity index (χ4v) is 3.28. The molecule has 0 atom stereocenters. The Morgan fingerprint density at radius 1 is 1.14 bits per heavy atom. The van der Waals surface area contributed by atoms with Crippen LogP contribution in [0.4, 0.5) is 17.2 Å². The standard InChI is InChI=1S/C20H16ClN5O3/c21-16-7-6-15(8-18(16)26(28)29)24-20(27)14-10-25(11-14)19-9-17(22-12-23-19)13-4-2-1-3-5-13/h1-9,12,14H,10-11H2,(H,24,27). The van der Waals surface area contributed by atoms with Gasteiger partial charge in [-0.25, -0.2) is 9.97 Å². The highest BCUT2D eigenvalue weighted by Crippen LogP contribution is 2.29. The van der Waals surface area contributed by atoms with Crippen molar-refractivity contribution in [2.45, 2.75) is 0 Å². The zero-order chi connectivity index (χ0) is 20.4. The van der Waals surface area contributed by atoms with Crippen LogP contribution in [0.25, 0.3) is 11.3 Å². The van der Waals surface area contributed by atoms with Crippen LogP contribution in [0.3, 0.4) is 0 Å². The van der Waals surface area contributed by atoms with Crippen LogP contribution in [0, 0.1) is 16.0 Å². The van der Waals surface area contributed by atoms with Crippen LogP contribution in [-0.2, 0) is 4.79 Å². The molecule has 0 bridgehead atoms. The fourth-order valence-electron chi connectivity index (χ4n) is 3.09. The molecule has 0 spiro atoms. The second-order valence-electron chi connectivity index (χ2n) is 6.64. The minimum atomic E-state index is -0.581. The number of aromatic nitrogens is 2. The lowest BCUT2D eigenvalue weighted by atomic mass is 9.99. The van der Waals surface area contributed by atoms with E-state index in [9.17, 15) is 14.9 Å². The molecule has 1 aliphatic heterocycles. The molecule has 2 heterocycles. The van der Waals surface area contributed by atoms with Crippen LogP contribution in [0.5, 0.6) is 0 Å². The minimum Gasteiger partial charge on any atom is -0.355 e. The Labute approximate surface area is 171 Å². The monoisotopic (exact) mass is 409 g/mol. The molecule has 9 heteroatoms. The molecular formula is C20H16ClN5O3. The van der Waals surface area contributed by atoms with Crippen molar-refractivity contribution >= 4 is 34.7 Å². The van der Waals surface area contributed by atoms with Gasteiger partial charge in [-0.2, -0.15) is 0 Å². The smallest absolute Gasteiger partial charge is 0.289 e. The van der Waals surface area contributed by atoms with Crippen molar-refractivity contribution in [2.24, 2.45) is 5.92 Å². The Bertz CT molecular complexity index is 1070. The van der Waals surface area contributed by atoms with Gasteiger partial charge in [-0.3, -0.25) is 14.9 Å². The number of hydrogen-bond donors (Lipinski definition) is 1.